The first-order valence-corrected chi connectivity index (χ1v) is 19.8. The van der Waals surface area contributed by atoms with E-state index in [1.54, 1.807) is 11.1 Å². The predicted molar refractivity (Wildman–Crippen MR) is 157 cm³/mol. The van der Waals surface area contributed by atoms with Gasteiger partial charge in [0.2, 0.25) is 0 Å². The first kappa shape index (κ1) is 30.7. The summed E-state index contributed by atoms with van der Waals surface area (Å²) in [6, 6.07) is 44.1. The molecule has 4 aliphatic rings. The topological polar surface area (TPSA) is 0 Å². The number of halogens is 2. The van der Waals surface area contributed by atoms with Gasteiger partial charge in [-0.15, -0.1) is 22.3 Å². The van der Waals surface area contributed by atoms with Gasteiger partial charge in [0.25, 0.3) is 0 Å². The first-order chi connectivity index (χ1) is 17.6. The zero-order valence-corrected chi connectivity index (χ0v) is 28.7. The van der Waals surface area contributed by atoms with Crippen molar-refractivity contribution >= 4 is 16.1 Å². The number of hydrogen-bond acceptors (Lipinski definition) is 0. The maximum atomic E-state index is 3.55. The quantitative estimate of drug-likeness (QED) is 0.229. The maximum Gasteiger partial charge on any atom is 4.00 e. The molecule has 0 saturated carbocycles. The molecule has 0 amide bonds. The molecule has 2 saturated heterocycles. The molecule has 2 aliphatic heterocycles. The van der Waals surface area contributed by atoms with Gasteiger partial charge in [0.1, 0.15) is 0 Å². The molecule has 196 valence electrons. The number of benzene rings is 4. The Kier molecular flexibility index (Phi) is 9.41. The molecule has 2 unspecified atom stereocenters. The van der Waals surface area contributed by atoms with Crippen LogP contribution in [0, 0.1) is 12.1 Å². The predicted octanol–water partition coefficient (Wildman–Crippen LogP) is 3.25. The summed E-state index contributed by atoms with van der Waals surface area (Å²) in [6.07, 6.45) is 2.90. The van der Waals surface area contributed by atoms with E-state index in [0.717, 1.165) is 0 Å². The molecular weight excluding hydrogens is 627 g/mol. The van der Waals surface area contributed by atoms with E-state index in [0.29, 0.717) is 11.1 Å². The van der Waals surface area contributed by atoms with Crippen LogP contribution >= 0.6 is 0 Å². The van der Waals surface area contributed by atoms with Crippen molar-refractivity contribution in [2.24, 2.45) is 0 Å². The van der Waals surface area contributed by atoms with Crippen molar-refractivity contribution in [3.8, 4) is 22.3 Å². The van der Waals surface area contributed by atoms with Crippen molar-refractivity contribution in [2.75, 3.05) is 0 Å². The van der Waals surface area contributed by atoms with Crippen LogP contribution in [0.1, 0.15) is 46.2 Å². The average Bonchev–Trinajstić information content (AvgIpc) is 3.40. The standard InChI is InChI=1S/2C17H17Si.2ClH.Zr/c2*1-18(11-6-12-18)17-15-9-4-2-7-13(15)14-8-3-5-10-16(14)17;;;/h2*2-5,7-9,17H,6,11-12H2,1H3;2*1H;/q2*-1;;;+4/p-2. The van der Waals surface area contributed by atoms with E-state index < -0.39 is 16.1 Å². The van der Waals surface area contributed by atoms with Crippen LogP contribution in [-0.2, 0) is 26.2 Å². The van der Waals surface area contributed by atoms with Crippen LogP contribution in [0.25, 0.3) is 22.3 Å². The van der Waals surface area contributed by atoms with Gasteiger partial charge in [-0.1, -0.05) is 110 Å². The van der Waals surface area contributed by atoms with E-state index in [1.165, 1.54) is 70.4 Å². The molecule has 0 aromatic heterocycles. The molecule has 2 atom stereocenters. The van der Waals surface area contributed by atoms with E-state index in [-0.39, 0.29) is 51.0 Å². The molecule has 4 aromatic carbocycles. The molecule has 0 bridgehead atoms. The van der Waals surface area contributed by atoms with Gasteiger partial charge in [0, 0.05) is 0 Å². The number of hydrogen-bond donors (Lipinski definition) is 0. The van der Waals surface area contributed by atoms with Crippen molar-refractivity contribution in [3.05, 3.63) is 119 Å². The monoisotopic (exact) mass is 658 g/mol. The Hall–Kier alpha value is -1.22. The van der Waals surface area contributed by atoms with Crippen LogP contribution in [0.5, 0.6) is 0 Å². The SMILES string of the molecule is C[Si]1(C2c3[c-]cccc3-c3ccccc32)CCC1.C[Si]1(C2c3[c-]cccc3-c3ccccc32)CCC1.[Cl-].[Cl-].[Zr+4]. The second kappa shape index (κ2) is 11.9. The third-order valence-electron chi connectivity index (χ3n) is 9.86. The summed E-state index contributed by atoms with van der Waals surface area (Å²) >= 11 is 0. The van der Waals surface area contributed by atoms with Crippen LogP contribution in [0.15, 0.2) is 84.9 Å². The third-order valence-corrected chi connectivity index (χ3v) is 19.8. The minimum Gasteiger partial charge on any atom is -1.00 e. The molecule has 2 heterocycles. The summed E-state index contributed by atoms with van der Waals surface area (Å²) in [5.41, 5.74) is 13.4. The zero-order chi connectivity index (χ0) is 24.3. The molecule has 39 heavy (non-hydrogen) atoms. The smallest absolute Gasteiger partial charge is 1.00 e. The summed E-state index contributed by atoms with van der Waals surface area (Å²) in [6.45, 7) is 5.18. The van der Waals surface area contributed by atoms with Crippen LogP contribution in [-0.4, -0.2) is 16.1 Å². The van der Waals surface area contributed by atoms with E-state index in [9.17, 15) is 0 Å². The van der Waals surface area contributed by atoms with Crippen LogP contribution in [0.3, 0.4) is 0 Å². The van der Waals surface area contributed by atoms with E-state index in [2.05, 4.69) is 110 Å². The Balaban J connectivity index is 0.000000168. The van der Waals surface area contributed by atoms with Crippen molar-refractivity contribution in [2.45, 2.75) is 61.2 Å². The van der Waals surface area contributed by atoms with Gasteiger partial charge in [0.15, 0.2) is 0 Å². The van der Waals surface area contributed by atoms with Crippen molar-refractivity contribution < 1.29 is 51.0 Å². The van der Waals surface area contributed by atoms with Gasteiger partial charge >= 0.3 is 26.2 Å². The number of rotatable bonds is 2. The van der Waals surface area contributed by atoms with Crippen molar-refractivity contribution in [1.82, 2.24) is 0 Å². The van der Waals surface area contributed by atoms with Gasteiger partial charge in [-0.2, -0.15) is 48.5 Å². The third kappa shape index (κ3) is 4.95. The van der Waals surface area contributed by atoms with E-state index in [1.807, 2.05) is 0 Å². The van der Waals surface area contributed by atoms with Gasteiger partial charge < -0.3 is 24.8 Å². The average molecular weight is 661 g/mol. The van der Waals surface area contributed by atoms with E-state index in [4.69, 9.17) is 0 Å². The summed E-state index contributed by atoms with van der Waals surface area (Å²) < 4.78 is 0. The minimum atomic E-state index is -1.10. The second-order valence-corrected chi connectivity index (χ2v) is 21.8. The van der Waals surface area contributed by atoms with Gasteiger partial charge in [0.05, 0.1) is 16.1 Å². The number of fused-ring (bicyclic) bond motifs is 6. The summed E-state index contributed by atoms with van der Waals surface area (Å²) in [4.78, 5) is 0. The molecular formula is C34H34Cl2Si2Zr. The minimum absolute atomic E-state index is 0. The maximum absolute atomic E-state index is 3.55. The molecule has 5 heteroatoms. The van der Waals surface area contributed by atoms with Gasteiger partial charge in [-0.3, -0.25) is 0 Å². The Morgan fingerprint density at radius 2 is 0.897 bits per heavy atom. The molecule has 0 spiro atoms. The van der Waals surface area contributed by atoms with Crippen LogP contribution in [0.2, 0.25) is 37.3 Å². The molecule has 4 aromatic rings. The van der Waals surface area contributed by atoms with Gasteiger partial charge in [-0.25, -0.2) is 0 Å². The van der Waals surface area contributed by atoms with Crippen molar-refractivity contribution in [3.63, 3.8) is 0 Å². The summed E-state index contributed by atoms with van der Waals surface area (Å²) in [5.74, 6) is 0. The Morgan fingerprint density at radius 3 is 1.26 bits per heavy atom. The molecule has 2 fully saturated rings. The Bertz CT molecular complexity index is 1260. The fourth-order valence-electron chi connectivity index (χ4n) is 7.64. The normalized spacial score (nSPS) is 21.3. The van der Waals surface area contributed by atoms with Gasteiger partial charge in [-0.05, 0) is 22.2 Å². The largest absolute Gasteiger partial charge is 4.00 e. The second-order valence-electron chi connectivity index (χ2n) is 12.1. The summed E-state index contributed by atoms with van der Waals surface area (Å²) in [7, 11) is -2.19. The molecule has 0 N–H and O–H groups in total. The first-order valence-electron chi connectivity index (χ1n) is 13.8. The molecule has 2 aliphatic carbocycles. The molecule has 0 nitrogen and oxygen atoms in total. The Labute approximate surface area is 268 Å². The molecule has 8 rings (SSSR count). The fraction of sp³-hybridized carbons (Fsp3) is 0.294. The van der Waals surface area contributed by atoms with E-state index >= 15 is 0 Å². The molecule has 0 radical (unpaired) electrons. The zero-order valence-electron chi connectivity index (χ0n) is 22.7. The fourth-order valence-corrected chi connectivity index (χ4v) is 15.6. The van der Waals surface area contributed by atoms with Crippen molar-refractivity contribution in [1.29, 1.82) is 0 Å². The van der Waals surface area contributed by atoms with Crippen LogP contribution < -0.4 is 24.8 Å². The summed E-state index contributed by atoms with van der Waals surface area (Å²) in [5, 5.41) is 0. The Morgan fingerprint density at radius 1 is 0.538 bits per heavy atom. The van der Waals surface area contributed by atoms with Crippen LogP contribution in [0.4, 0.5) is 0 Å².